The fourth-order valence-corrected chi connectivity index (χ4v) is 1.20. The Morgan fingerprint density at radius 3 is 2.14 bits per heavy atom. The van der Waals surface area contributed by atoms with Gasteiger partial charge in [-0.3, -0.25) is 15.0 Å². The lowest BCUT2D eigenvalue weighted by Crippen LogP contribution is -2.57. The van der Waals surface area contributed by atoms with E-state index in [0.717, 1.165) is 0 Å². The average Bonchev–Trinajstić information content (AvgIpc) is 2.17. The monoisotopic (exact) mass is 206 g/mol. The van der Waals surface area contributed by atoms with Crippen molar-refractivity contribution in [3.8, 4) is 0 Å². The highest BCUT2D eigenvalue weighted by Gasteiger charge is 2.47. The predicted octanol–water partition coefficient (Wildman–Crippen LogP) is -0.326. The first-order valence-electron chi connectivity index (χ1n) is 4.61. The molecule has 0 aliphatic rings. The summed E-state index contributed by atoms with van der Waals surface area (Å²) in [5.74, 6) is 0. The molecule has 0 radical (unpaired) electrons. The van der Waals surface area contributed by atoms with Crippen molar-refractivity contribution in [2.75, 3.05) is 19.7 Å². The Balaban J connectivity index is 4.75. The molecule has 0 aromatic carbocycles. The maximum atomic E-state index is 10.7. The van der Waals surface area contributed by atoms with Crippen LogP contribution in [0.4, 0.5) is 0 Å². The first-order valence-corrected chi connectivity index (χ1v) is 4.61. The lowest BCUT2D eigenvalue weighted by atomic mass is 10.0. The lowest BCUT2D eigenvalue weighted by molar-refractivity contribution is -0.588. The first-order chi connectivity index (χ1) is 6.43. The summed E-state index contributed by atoms with van der Waals surface area (Å²) in [6, 6.07) is 0. The third-order valence-corrected chi connectivity index (χ3v) is 2.45. The quantitative estimate of drug-likeness (QED) is 0.353. The minimum absolute atomic E-state index is 0.501. The topological polar surface area (TPSA) is 86.8 Å². The molecule has 2 atom stereocenters. The van der Waals surface area contributed by atoms with Crippen LogP contribution in [-0.4, -0.2) is 51.5 Å². The summed E-state index contributed by atoms with van der Waals surface area (Å²) in [5.41, 5.74) is -1.72. The second kappa shape index (κ2) is 5.23. The minimum atomic E-state index is -1.72. The van der Waals surface area contributed by atoms with Crippen molar-refractivity contribution in [3.05, 3.63) is 10.1 Å². The van der Waals surface area contributed by atoms with Gasteiger partial charge in [-0.25, -0.2) is 0 Å². The standard InChI is InChI=1S/C8H18N2O4/c1-4-9(5-2)7(12)8(3,6-11)10(13)14/h7,11-12H,4-6H2,1-3H3. The van der Waals surface area contributed by atoms with Gasteiger partial charge in [-0.05, 0) is 13.1 Å². The highest BCUT2D eigenvalue weighted by atomic mass is 16.6. The number of hydrogen-bond donors (Lipinski definition) is 2. The number of aliphatic hydroxyl groups is 2. The molecule has 14 heavy (non-hydrogen) atoms. The molecule has 0 amide bonds. The molecule has 0 fully saturated rings. The molecule has 0 aromatic heterocycles. The van der Waals surface area contributed by atoms with Crippen molar-refractivity contribution < 1.29 is 15.1 Å². The third-order valence-electron chi connectivity index (χ3n) is 2.45. The van der Waals surface area contributed by atoms with Crippen LogP contribution in [0.25, 0.3) is 0 Å². The number of likely N-dealkylation sites (N-methyl/N-ethyl adjacent to an activating group) is 1. The van der Waals surface area contributed by atoms with Crippen molar-refractivity contribution >= 4 is 0 Å². The highest BCUT2D eigenvalue weighted by molar-refractivity contribution is 4.81. The zero-order valence-corrected chi connectivity index (χ0v) is 8.80. The number of nitrogens with zero attached hydrogens (tertiary/aromatic N) is 2. The first kappa shape index (κ1) is 13.3. The van der Waals surface area contributed by atoms with Gasteiger partial charge in [0.05, 0.1) is 0 Å². The average molecular weight is 206 g/mol. The van der Waals surface area contributed by atoms with Crippen LogP contribution < -0.4 is 0 Å². The summed E-state index contributed by atoms with van der Waals surface area (Å²) in [5, 5.41) is 29.3. The van der Waals surface area contributed by atoms with Crippen LogP contribution in [0.1, 0.15) is 20.8 Å². The second-order valence-corrected chi connectivity index (χ2v) is 3.37. The van der Waals surface area contributed by atoms with Crippen LogP contribution in [0.2, 0.25) is 0 Å². The molecule has 0 bridgehead atoms. The van der Waals surface area contributed by atoms with Crippen molar-refractivity contribution in [3.63, 3.8) is 0 Å². The van der Waals surface area contributed by atoms with Crippen molar-refractivity contribution in [1.82, 2.24) is 4.90 Å². The maximum absolute atomic E-state index is 10.7. The maximum Gasteiger partial charge on any atom is 0.280 e. The summed E-state index contributed by atoms with van der Waals surface area (Å²) in [6.07, 6.45) is -1.27. The van der Waals surface area contributed by atoms with Gasteiger partial charge in [0, 0.05) is 11.8 Å². The van der Waals surface area contributed by atoms with Gasteiger partial charge in [0.2, 0.25) is 0 Å². The third kappa shape index (κ3) is 2.40. The van der Waals surface area contributed by atoms with Crippen molar-refractivity contribution in [2.24, 2.45) is 0 Å². The molecule has 0 rings (SSSR count). The lowest BCUT2D eigenvalue weighted by Gasteiger charge is -2.32. The van der Waals surface area contributed by atoms with Crippen LogP contribution in [0.15, 0.2) is 0 Å². The molecule has 0 aromatic rings. The fourth-order valence-electron chi connectivity index (χ4n) is 1.20. The Bertz CT molecular complexity index is 196. The van der Waals surface area contributed by atoms with Crippen molar-refractivity contribution in [2.45, 2.75) is 32.5 Å². The number of aliphatic hydroxyl groups excluding tert-OH is 2. The van der Waals surface area contributed by atoms with Gasteiger partial charge in [-0.1, -0.05) is 13.8 Å². The zero-order chi connectivity index (χ0) is 11.4. The zero-order valence-electron chi connectivity index (χ0n) is 8.80. The van der Waals surface area contributed by atoms with E-state index in [1.54, 1.807) is 13.8 Å². The van der Waals surface area contributed by atoms with Gasteiger partial charge < -0.3 is 10.2 Å². The van der Waals surface area contributed by atoms with E-state index in [1.807, 2.05) is 0 Å². The molecule has 84 valence electrons. The van der Waals surface area contributed by atoms with E-state index in [-0.39, 0.29) is 0 Å². The minimum Gasteiger partial charge on any atom is -0.389 e. The van der Waals surface area contributed by atoms with E-state index in [9.17, 15) is 15.2 Å². The highest BCUT2D eigenvalue weighted by Crippen LogP contribution is 2.17. The van der Waals surface area contributed by atoms with E-state index in [2.05, 4.69) is 0 Å². The van der Waals surface area contributed by atoms with Gasteiger partial charge in [-0.15, -0.1) is 0 Å². The van der Waals surface area contributed by atoms with Crippen LogP contribution in [0, 0.1) is 10.1 Å². The van der Waals surface area contributed by atoms with Crippen LogP contribution >= 0.6 is 0 Å². The molecular formula is C8H18N2O4. The van der Waals surface area contributed by atoms with Gasteiger partial charge in [0.15, 0.2) is 6.23 Å². The molecule has 2 unspecified atom stereocenters. The molecule has 2 N–H and O–H groups in total. The molecule has 0 saturated carbocycles. The molecule has 0 heterocycles. The second-order valence-electron chi connectivity index (χ2n) is 3.37. The SMILES string of the molecule is CCN(CC)C(O)C(C)(CO)[N+](=O)[O-]. The summed E-state index contributed by atoms with van der Waals surface area (Å²) in [6.45, 7) is 5.14. The number of nitro groups is 1. The van der Waals surface area contributed by atoms with Gasteiger partial charge in [0.1, 0.15) is 6.61 Å². The summed E-state index contributed by atoms with van der Waals surface area (Å²) in [4.78, 5) is 11.6. The largest absolute Gasteiger partial charge is 0.389 e. The predicted molar refractivity (Wildman–Crippen MR) is 51.4 cm³/mol. The molecule has 0 saturated heterocycles. The summed E-state index contributed by atoms with van der Waals surface area (Å²) < 4.78 is 0. The Kier molecular flexibility index (Phi) is 4.96. The molecule has 6 nitrogen and oxygen atoms in total. The van der Waals surface area contributed by atoms with Crippen LogP contribution in [-0.2, 0) is 0 Å². The van der Waals surface area contributed by atoms with E-state index in [4.69, 9.17) is 5.11 Å². The molecule has 0 spiro atoms. The molecule has 6 heteroatoms. The Labute approximate surface area is 83.3 Å². The number of rotatable bonds is 6. The van der Waals surface area contributed by atoms with Gasteiger partial charge in [-0.2, -0.15) is 0 Å². The van der Waals surface area contributed by atoms with E-state index >= 15 is 0 Å². The van der Waals surface area contributed by atoms with E-state index in [0.29, 0.717) is 13.1 Å². The smallest absolute Gasteiger partial charge is 0.280 e. The molecular weight excluding hydrogens is 188 g/mol. The normalized spacial score (nSPS) is 17.9. The number of hydrogen-bond acceptors (Lipinski definition) is 5. The Hall–Kier alpha value is -0.720. The Morgan fingerprint density at radius 1 is 1.50 bits per heavy atom. The van der Waals surface area contributed by atoms with Crippen molar-refractivity contribution in [1.29, 1.82) is 0 Å². The fraction of sp³-hybridized carbons (Fsp3) is 1.00. The molecule has 0 aliphatic carbocycles. The molecule has 0 aliphatic heterocycles. The van der Waals surface area contributed by atoms with Crippen LogP contribution in [0.5, 0.6) is 0 Å². The summed E-state index contributed by atoms with van der Waals surface area (Å²) >= 11 is 0. The summed E-state index contributed by atoms with van der Waals surface area (Å²) in [7, 11) is 0. The van der Waals surface area contributed by atoms with Crippen LogP contribution in [0.3, 0.4) is 0 Å². The van der Waals surface area contributed by atoms with E-state index < -0.39 is 23.3 Å². The van der Waals surface area contributed by atoms with E-state index in [1.165, 1.54) is 11.8 Å². The Morgan fingerprint density at radius 2 is 1.93 bits per heavy atom. The van der Waals surface area contributed by atoms with Gasteiger partial charge >= 0.3 is 0 Å². The van der Waals surface area contributed by atoms with Gasteiger partial charge in [0.25, 0.3) is 5.54 Å².